The Hall–Kier alpha value is -4.54. The molecule has 8 nitrogen and oxygen atoms in total. The quantitative estimate of drug-likeness (QED) is 0.0454. The van der Waals surface area contributed by atoms with Gasteiger partial charge < -0.3 is 28.7 Å². The Balaban J connectivity index is 1.20. The number of thiophene rings is 2. The molecular weight excluding hydrogens is 933 g/mol. The molecule has 4 aliphatic rings. The average Bonchev–Trinajstić information content (AvgIpc) is 4.18. The van der Waals surface area contributed by atoms with Crippen LogP contribution in [0.4, 0.5) is 0 Å². The molecule has 0 radical (unpaired) electrons. The third-order valence-corrected chi connectivity index (χ3v) is 17.3. The summed E-state index contributed by atoms with van der Waals surface area (Å²) in [5.41, 5.74) is 6.57. The first-order valence-electron chi connectivity index (χ1n) is 28.5. The van der Waals surface area contributed by atoms with E-state index in [-0.39, 0.29) is 11.8 Å². The number of fused-ring (bicyclic) bond motifs is 3. The zero-order valence-corrected chi connectivity index (χ0v) is 45.9. The van der Waals surface area contributed by atoms with E-state index in [1.807, 2.05) is 20.6 Å². The van der Waals surface area contributed by atoms with Crippen molar-refractivity contribution in [2.24, 2.45) is 11.8 Å². The lowest BCUT2D eigenvalue weighted by molar-refractivity contribution is -0.124. The van der Waals surface area contributed by atoms with E-state index in [0.29, 0.717) is 62.5 Å². The van der Waals surface area contributed by atoms with Crippen molar-refractivity contribution in [3.05, 3.63) is 81.6 Å². The van der Waals surface area contributed by atoms with E-state index in [2.05, 4.69) is 76.2 Å². The summed E-state index contributed by atoms with van der Waals surface area (Å²) in [6.45, 7) is 12.5. The fourth-order valence-electron chi connectivity index (χ4n) is 11.3. The fourth-order valence-corrected chi connectivity index (χ4v) is 13.2. The van der Waals surface area contributed by atoms with Crippen LogP contribution in [0.5, 0.6) is 23.0 Å². The number of hydrogen-bond donors (Lipinski definition) is 0. The minimum atomic E-state index is -0.0355. The Kier molecular flexibility index (Phi) is 20.6. The first kappa shape index (κ1) is 53.7. The third-order valence-electron chi connectivity index (χ3n) is 15.4. The Labute approximate surface area is 440 Å². The first-order valence-corrected chi connectivity index (χ1v) is 30.3. The van der Waals surface area contributed by atoms with E-state index in [0.717, 1.165) is 118 Å². The van der Waals surface area contributed by atoms with Crippen LogP contribution in [0.3, 0.4) is 0 Å². The molecule has 2 amide bonds. The van der Waals surface area contributed by atoms with Crippen LogP contribution < -0.4 is 18.9 Å². The summed E-state index contributed by atoms with van der Waals surface area (Å²) in [6, 6.07) is 17.1. The minimum absolute atomic E-state index is 0.0355. The maximum absolute atomic E-state index is 15.9. The molecule has 390 valence electrons. The molecule has 2 aromatic heterocycles. The Morgan fingerprint density at radius 3 is 1.08 bits per heavy atom. The number of carbonyl (C=O) groups is 2. The summed E-state index contributed by atoms with van der Waals surface area (Å²) in [5.74, 6) is 3.78. The number of rotatable bonds is 32. The van der Waals surface area contributed by atoms with E-state index >= 15 is 9.59 Å². The van der Waals surface area contributed by atoms with E-state index < -0.39 is 0 Å². The lowest BCUT2D eigenvalue weighted by Crippen LogP contribution is -2.35. The van der Waals surface area contributed by atoms with E-state index in [1.165, 1.54) is 103 Å². The van der Waals surface area contributed by atoms with Crippen LogP contribution in [-0.4, -0.2) is 61.1 Å². The molecular formula is C62H84N2O6S2. The zero-order valence-electron chi connectivity index (χ0n) is 44.3. The number of carbonyl (C=O) groups excluding carboxylic acids is 2. The van der Waals surface area contributed by atoms with Crippen molar-refractivity contribution in [2.75, 3.05) is 39.5 Å². The van der Waals surface area contributed by atoms with Gasteiger partial charge in [-0.05, 0) is 59.8 Å². The van der Waals surface area contributed by atoms with Crippen molar-refractivity contribution >= 4 is 45.9 Å². The standard InChI is InChI=1S/C62H84N2O6S2/c1-5-9-13-17-19-23-27-45(25-21-15-11-7-3)41-63-55(47-29-33-49(34-30-47)59-57-51(43-71-59)67-37-39-69-57)53-54(61(63)65)56(48-31-35-50(36-32-48)60-58-52(44-72-60)68-38-40-70-58)64(62(53)66)42-46(26-22-16-12-8-4)28-24-20-18-14-10-6-2/h29-36,43-46H,5-28,37-42H2,1-4H3. The van der Waals surface area contributed by atoms with Crippen molar-refractivity contribution in [1.29, 1.82) is 0 Å². The van der Waals surface area contributed by atoms with Crippen LogP contribution >= 0.6 is 22.7 Å². The Morgan fingerprint density at radius 1 is 0.417 bits per heavy atom. The molecule has 2 unspecified atom stereocenters. The van der Waals surface area contributed by atoms with E-state index in [9.17, 15) is 0 Å². The van der Waals surface area contributed by atoms with Gasteiger partial charge >= 0.3 is 0 Å². The van der Waals surface area contributed by atoms with Gasteiger partial charge in [0.15, 0.2) is 23.0 Å². The monoisotopic (exact) mass is 1020 g/mol. The minimum Gasteiger partial charge on any atom is -0.485 e. The summed E-state index contributed by atoms with van der Waals surface area (Å²) in [6.07, 6.45) is 28.8. The van der Waals surface area contributed by atoms with Crippen molar-refractivity contribution < 1.29 is 28.5 Å². The molecule has 8 rings (SSSR count). The number of unbranched alkanes of at least 4 members (excludes halogenated alkanes) is 16. The molecule has 72 heavy (non-hydrogen) atoms. The Morgan fingerprint density at radius 2 is 0.722 bits per heavy atom. The topological polar surface area (TPSA) is 77.5 Å². The maximum atomic E-state index is 15.9. The highest BCUT2D eigenvalue weighted by Crippen LogP contribution is 2.51. The molecule has 0 spiro atoms. The number of nitrogens with zero attached hydrogens (tertiary/aromatic N) is 2. The number of amides is 2. The van der Waals surface area contributed by atoms with Gasteiger partial charge in [-0.25, -0.2) is 0 Å². The van der Waals surface area contributed by atoms with Gasteiger partial charge in [-0.3, -0.25) is 9.59 Å². The second-order valence-electron chi connectivity index (χ2n) is 20.9. The molecule has 0 fully saturated rings. The SMILES string of the molecule is CCCCCCCCC(CCCCCC)CN1C(=O)C2=C(c3ccc(-c4scc5c4OCCO5)cc3)N(CC(CCCCCC)CCCCCCCC)C(=O)C2=C1c1ccc(-c2scc3c2OCCO3)cc1. The van der Waals surface area contributed by atoms with Gasteiger partial charge in [0.1, 0.15) is 26.4 Å². The second kappa shape index (κ2) is 27.7. The number of benzene rings is 2. The summed E-state index contributed by atoms with van der Waals surface area (Å²) in [5, 5.41) is 4.06. The normalized spacial score (nSPS) is 16.1. The van der Waals surface area contributed by atoms with Gasteiger partial charge in [0.25, 0.3) is 11.8 Å². The van der Waals surface area contributed by atoms with Crippen LogP contribution in [0.1, 0.15) is 193 Å². The number of ether oxygens (including phenoxy) is 4. The van der Waals surface area contributed by atoms with Crippen LogP contribution in [-0.2, 0) is 9.59 Å². The molecule has 0 saturated carbocycles. The fraction of sp³-hybridized carbons (Fsp3) is 0.581. The predicted octanol–water partition coefficient (Wildman–Crippen LogP) is 17.2. The summed E-state index contributed by atoms with van der Waals surface area (Å²) >= 11 is 3.26. The molecule has 4 aromatic rings. The van der Waals surface area contributed by atoms with Crippen molar-refractivity contribution in [2.45, 2.75) is 182 Å². The highest BCUT2D eigenvalue weighted by Gasteiger charge is 2.49. The molecule has 2 aromatic carbocycles. The van der Waals surface area contributed by atoms with Crippen LogP contribution in [0.2, 0.25) is 0 Å². The van der Waals surface area contributed by atoms with Gasteiger partial charge in [0, 0.05) is 23.8 Å². The van der Waals surface area contributed by atoms with Crippen LogP contribution in [0, 0.1) is 11.8 Å². The van der Waals surface area contributed by atoms with E-state index in [4.69, 9.17) is 18.9 Å². The van der Waals surface area contributed by atoms with Crippen molar-refractivity contribution in [1.82, 2.24) is 9.80 Å². The van der Waals surface area contributed by atoms with Crippen molar-refractivity contribution in [3.63, 3.8) is 0 Å². The van der Waals surface area contributed by atoms with Gasteiger partial charge in [0.2, 0.25) is 0 Å². The molecule has 0 saturated heterocycles. The van der Waals surface area contributed by atoms with E-state index in [1.54, 1.807) is 22.7 Å². The maximum Gasteiger partial charge on any atom is 0.261 e. The lowest BCUT2D eigenvalue weighted by Gasteiger charge is -2.30. The van der Waals surface area contributed by atoms with Gasteiger partial charge in [-0.1, -0.05) is 205 Å². The summed E-state index contributed by atoms with van der Waals surface area (Å²) in [7, 11) is 0. The third kappa shape index (κ3) is 13.2. The van der Waals surface area contributed by atoms with Crippen LogP contribution in [0.25, 0.3) is 32.3 Å². The molecule has 0 N–H and O–H groups in total. The first-order chi connectivity index (χ1) is 35.4. The predicted molar refractivity (Wildman–Crippen MR) is 299 cm³/mol. The highest BCUT2D eigenvalue weighted by atomic mass is 32.1. The highest BCUT2D eigenvalue weighted by molar-refractivity contribution is 7.14. The Bertz CT molecular complexity index is 2240. The largest absolute Gasteiger partial charge is 0.485 e. The molecule has 2 atom stereocenters. The zero-order chi connectivity index (χ0) is 50.1. The summed E-state index contributed by atoms with van der Waals surface area (Å²) in [4.78, 5) is 37.9. The second-order valence-corrected chi connectivity index (χ2v) is 22.6. The molecule has 10 heteroatoms. The molecule has 4 aliphatic heterocycles. The van der Waals surface area contributed by atoms with Crippen LogP contribution in [0.15, 0.2) is 70.4 Å². The number of hydrogen-bond acceptors (Lipinski definition) is 8. The summed E-state index contributed by atoms with van der Waals surface area (Å²) < 4.78 is 24.1. The average molecular weight is 1020 g/mol. The van der Waals surface area contributed by atoms with Gasteiger partial charge in [-0.15, -0.1) is 22.7 Å². The van der Waals surface area contributed by atoms with Crippen molar-refractivity contribution in [3.8, 4) is 43.9 Å². The molecule has 0 bridgehead atoms. The lowest BCUT2D eigenvalue weighted by atomic mass is 9.93. The smallest absolute Gasteiger partial charge is 0.261 e. The van der Waals surface area contributed by atoms with Gasteiger partial charge in [0.05, 0.1) is 32.3 Å². The molecule has 6 heterocycles. The molecule has 0 aliphatic carbocycles. The van der Waals surface area contributed by atoms with Gasteiger partial charge in [-0.2, -0.15) is 0 Å².